The lowest BCUT2D eigenvalue weighted by Crippen LogP contribution is -2.06. The molecule has 0 radical (unpaired) electrons. The van der Waals surface area contributed by atoms with E-state index in [0.717, 1.165) is 58.8 Å². The lowest BCUT2D eigenvalue weighted by atomic mass is 10.0. The summed E-state index contributed by atoms with van der Waals surface area (Å²) in [7, 11) is 0. The molecule has 44 heavy (non-hydrogen) atoms. The lowest BCUT2D eigenvalue weighted by Gasteiger charge is -2.11. The van der Waals surface area contributed by atoms with Gasteiger partial charge in [0.15, 0.2) is 11.6 Å². The van der Waals surface area contributed by atoms with Crippen LogP contribution in [-0.4, -0.2) is 29.5 Å². The summed E-state index contributed by atoms with van der Waals surface area (Å²) in [4.78, 5) is 24.3. The van der Waals surface area contributed by atoms with Gasteiger partial charge < -0.3 is 0 Å². The van der Waals surface area contributed by atoms with Crippen LogP contribution in [0, 0.1) is 0 Å². The first-order valence-corrected chi connectivity index (χ1v) is 15.2. The molecule has 7 heteroatoms. The number of hydrogen-bond acceptors (Lipinski definition) is 6. The molecule has 0 saturated heterocycles. The van der Waals surface area contributed by atoms with E-state index >= 15 is 0 Å². The van der Waals surface area contributed by atoms with Gasteiger partial charge in [-0.05, 0) is 23.3 Å². The van der Waals surface area contributed by atoms with Gasteiger partial charge in [0.2, 0.25) is 5.95 Å². The van der Waals surface area contributed by atoms with E-state index in [1.807, 2.05) is 42.6 Å². The van der Waals surface area contributed by atoms with Gasteiger partial charge in [-0.1, -0.05) is 109 Å². The van der Waals surface area contributed by atoms with Crippen molar-refractivity contribution in [3.05, 3.63) is 134 Å². The average Bonchev–Trinajstić information content (AvgIpc) is 3.65. The molecule has 0 aliphatic rings. The first-order chi connectivity index (χ1) is 21.8. The number of aromatic nitrogens is 6. The molecule has 4 heterocycles. The third kappa shape index (κ3) is 3.91. The minimum Gasteiger partial charge on any atom is -0.277 e. The van der Waals surface area contributed by atoms with Crippen LogP contribution in [0.2, 0.25) is 0 Å². The first kappa shape index (κ1) is 24.8. The maximum Gasteiger partial charge on any atom is 0.238 e. The Morgan fingerprint density at radius 3 is 1.93 bits per heavy atom. The molecule has 0 unspecified atom stereocenters. The molecular weight excluding hydrogens is 561 g/mol. The zero-order valence-corrected chi connectivity index (χ0v) is 24.1. The summed E-state index contributed by atoms with van der Waals surface area (Å²) < 4.78 is 4.37. The number of fused-ring (bicyclic) bond motifs is 7. The second kappa shape index (κ2) is 9.90. The van der Waals surface area contributed by atoms with E-state index in [1.165, 1.54) is 5.56 Å². The third-order valence-corrected chi connectivity index (χ3v) is 9.12. The highest BCUT2D eigenvalue weighted by Crippen LogP contribution is 2.42. The van der Waals surface area contributed by atoms with Gasteiger partial charge in [-0.3, -0.25) is 4.57 Å². The number of rotatable bonds is 4. The Morgan fingerprint density at radius 1 is 0.523 bits per heavy atom. The van der Waals surface area contributed by atoms with Crippen LogP contribution in [-0.2, 0) is 0 Å². The highest BCUT2D eigenvalue weighted by Gasteiger charge is 2.21. The van der Waals surface area contributed by atoms with Gasteiger partial charge in [0.05, 0.1) is 21.3 Å². The Labute approximate surface area is 256 Å². The van der Waals surface area contributed by atoms with Crippen LogP contribution in [0.25, 0.3) is 82.0 Å². The quantitative estimate of drug-likeness (QED) is 0.207. The Morgan fingerprint density at radius 2 is 1.16 bits per heavy atom. The molecule has 0 amide bonds. The molecule has 0 aliphatic carbocycles. The number of benzene rings is 5. The number of thiophene rings is 1. The van der Waals surface area contributed by atoms with Gasteiger partial charge in [-0.2, -0.15) is 9.97 Å². The van der Waals surface area contributed by atoms with Gasteiger partial charge in [0.25, 0.3) is 0 Å². The van der Waals surface area contributed by atoms with Crippen LogP contribution in [0.1, 0.15) is 0 Å². The molecule has 4 aromatic heterocycles. The summed E-state index contributed by atoms with van der Waals surface area (Å²) in [6.45, 7) is 0. The maximum atomic E-state index is 5.16. The van der Waals surface area contributed by atoms with E-state index in [4.69, 9.17) is 19.9 Å². The topological polar surface area (TPSA) is 69.4 Å². The van der Waals surface area contributed by atoms with Gasteiger partial charge in [-0.25, -0.2) is 15.0 Å². The molecule has 0 bridgehead atoms. The van der Waals surface area contributed by atoms with Crippen molar-refractivity contribution in [2.24, 2.45) is 0 Å². The SMILES string of the molecule is c1ccc(-c2ccc(-c3nc(-c4ccccc4)nc(-n4c5ccccc5c5ccc6sc7cncnc7c6c54)n3)cc2)cc1. The molecular formula is C37H22N6S. The highest BCUT2D eigenvalue weighted by molar-refractivity contribution is 7.25. The van der Waals surface area contributed by atoms with Crippen LogP contribution < -0.4 is 0 Å². The summed E-state index contributed by atoms with van der Waals surface area (Å²) in [5.74, 6) is 1.80. The van der Waals surface area contributed by atoms with Crippen molar-refractivity contribution >= 4 is 53.4 Å². The van der Waals surface area contributed by atoms with E-state index in [9.17, 15) is 0 Å². The van der Waals surface area contributed by atoms with Crippen LogP contribution >= 0.6 is 11.3 Å². The van der Waals surface area contributed by atoms with E-state index in [0.29, 0.717) is 17.6 Å². The van der Waals surface area contributed by atoms with Crippen molar-refractivity contribution in [3.8, 4) is 39.9 Å². The smallest absolute Gasteiger partial charge is 0.238 e. The molecule has 0 atom stereocenters. The van der Waals surface area contributed by atoms with Gasteiger partial charge in [0, 0.05) is 38.2 Å². The Balaban J connectivity index is 1.34. The summed E-state index contributed by atoms with van der Waals surface area (Å²) in [6.07, 6.45) is 3.51. The zero-order chi connectivity index (χ0) is 29.0. The van der Waals surface area contributed by atoms with Crippen molar-refractivity contribution in [1.82, 2.24) is 29.5 Å². The predicted octanol–water partition coefficient (Wildman–Crippen LogP) is 9.13. The molecule has 5 aromatic carbocycles. The van der Waals surface area contributed by atoms with Gasteiger partial charge >= 0.3 is 0 Å². The molecule has 9 aromatic rings. The van der Waals surface area contributed by atoms with Crippen LogP contribution in [0.5, 0.6) is 0 Å². The van der Waals surface area contributed by atoms with E-state index in [1.54, 1.807) is 17.7 Å². The van der Waals surface area contributed by atoms with Gasteiger partial charge in [0.1, 0.15) is 6.33 Å². The van der Waals surface area contributed by atoms with Crippen LogP contribution in [0.15, 0.2) is 134 Å². The second-order valence-electron chi connectivity index (χ2n) is 10.6. The first-order valence-electron chi connectivity index (χ1n) is 14.3. The Hall–Kier alpha value is -5.79. The summed E-state index contributed by atoms with van der Waals surface area (Å²) >= 11 is 1.70. The molecule has 0 saturated carbocycles. The average molecular weight is 583 g/mol. The monoisotopic (exact) mass is 582 g/mol. The fourth-order valence-electron chi connectivity index (χ4n) is 6.01. The standard InChI is InChI=1S/C37H22N6S/c1-3-9-23(10-4-1)24-15-17-26(18-16-24)36-40-35(25-11-5-2-6-12-25)41-37(42-36)43-29-14-8-7-13-27(29)28-19-20-30-32(34(28)43)33-31(44-30)21-38-22-39-33/h1-22H. The zero-order valence-electron chi connectivity index (χ0n) is 23.3. The van der Waals surface area contributed by atoms with Crippen molar-refractivity contribution in [1.29, 1.82) is 0 Å². The fourth-order valence-corrected chi connectivity index (χ4v) is 7.04. The molecule has 0 spiro atoms. The number of para-hydroxylation sites is 1. The van der Waals surface area contributed by atoms with Crippen molar-refractivity contribution in [2.45, 2.75) is 0 Å². The molecule has 6 nitrogen and oxygen atoms in total. The molecule has 9 rings (SSSR count). The largest absolute Gasteiger partial charge is 0.277 e. The highest BCUT2D eigenvalue weighted by atomic mass is 32.1. The molecule has 0 N–H and O–H groups in total. The third-order valence-electron chi connectivity index (χ3n) is 8.04. The fraction of sp³-hybridized carbons (Fsp3) is 0. The number of hydrogen-bond donors (Lipinski definition) is 0. The summed E-state index contributed by atoms with van der Waals surface area (Å²) in [5.41, 5.74) is 7.15. The lowest BCUT2D eigenvalue weighted by molar-refractivity contribution is 0.955. The van der Waals surface area contributed by atoms with E-state index < -0.39 is 0 Å². The number of nitrogens with zero attached hydrogens (tertiary/aromatic N) is 6. The minimum absolute atomic E-state index is 0.563. The van der Waals surface area contributed by atoms with Gasteiger partial charge in [-0.15, -0.1) is 11.3 Å². The molecule has 0 aliphatic heterocycles. The van der Waals surface area contributed by atoms with E-state index in [2.05, 4.69) is 94.5 Å². The maximum absolute atomic E-state index is 5.16. The summed E-state index contributed by atoms with van der Waals surface area (Å²) in [5, 5.41) is 3.34. The second-order valence-corrected chi connectivity index (χ2v) is 11.7. The Bertz CT molecular complexity index is 2480. The predicted molar refractivity (Wildman–Crippen MR) is 179 cm³/mol. The van der Waals surface area contributed by atoms with Crippen molar-refractivity contribution < 1.29 is 0 Å². The van der Waals surface area contributed by atoms with Crippen LogP contribution in [0.3, 0.4) is 0 Å². The molecule has 206 valence electrons. The van der Waals surface area contributed by atoms with Crippen LogP contribution in [0.4, 0.5) is 0 Å². The normalized spacial score (nSPS) is 11.6. The minimum atomic E-state index is 0.563. The van der Waals surface area contributed by atoms with Crippen molar-refractivity contribution in [3.63, 3.8) is 0 Å². The van der Waals surface area contributed by atoms with Crippen molar-refractivity contribution in [2.75, 3.05) is 0 Å². The summed E-state index contributed by atoms with van der Waals surface area (Å²) in [6, 6.07) is 41.7. The van der Waals surface area contributed by atoms with E-state index in [-0.39, 0.29) is 0 Å². The Kier molecular flexibility index (Phi) is 5.57. The molecule has 0 fully saturated rings.